The number of hydrogen-bond acceptors (Lipinski definition) is 2. The first-order valence-corrected chi connectivity index (χ1v) is 7.61. The first-order valence-electron chi connectivity index (χ1n) is 7.61. The van der Waals surface area contributed by atoms with Crippen LogP contribution in [0.2, 0.25) is 0 Å². The van der Waals surface area contributed by atoms with E-state index in [-0.39, 0.29) is 5.60 Å². The maximum absolute atomic E-state index is 6.53. The van der Waals surface area contributed by atoms with Gasteiger partial charge in [-0.15, -0.1) is 0 Å². The molecule has 1 N–H and O–H groups in total. The van der Waals surface area contributed by atoms with Gasteiger partial charge in [0.1, 0.15) is 0 Å². The second-order valence-corrected chi connectivity index (χ2v) is 6.30. The Labute approximate surface area is 107 Å². The molecular formula is C15H29NO. The van der Waals surface area contributed by atoms with Crippen molar-refractivity contribution in [3.8, 4) is 0 Å². The van der Waals surface area contributed by atoms with E-state index in [9.17, 15) is 0 Å². The van der Waals surface area contributed by atoms with Gasteiger partial charge in [0.15, 0.2) is 0 Å². The lowest BCUT2D eigenvalue weighted by molar-refractivity contribution is -0.101. The summed E-state index contributed by atoms with van der Waals surface area (Å²) < 4.78 is 6.53. The fourth-order valence-electron chi connectivity index (χ4n) is 3.28. The minimum atomic E-state index is 0.173. The van der Waals surface area contributed by atoms with Gasteiger partial charge in [-0.2, -0.15) is 0 Å². The molecule has 0 aliphatic heterocycles. The van der Waals surface area contributed by atoms with Gasteiger partial charge in [0.2, 0.25) is 0 Å². The Morgan fingerprint density at radius 2 is 1.71 bits per heavy atom. The van der Waals surface area contributed by atoms with Crippen LogP contribution >= 0.6 is 0 Å². The molecule has 0 radical (unpaired) electrons. The molecule has 0 aromatic rings. The molecule has 0 heterocycles. The Kier molecular flexibility index (Phi) is 4.87. The molecule has 100 valence electrons. The van der Waals surface area contributed by atoms with Gasteiger partial charge in [-0.3, -0.25) is 0 Å². The van der Waals surface area contributed by atoms with E-state index in [0.29, 0.717) is 12.1 Å². The molecule has 2 aliphatic rings. The second-order valence-electron chi connectivity index (χ2n) is 6.30. The minimum Gasteiger partial charge on any atom is -0.370 e. The molecule has 0 spiro atoms. The van der Waals surface area contributed by atoms with E-state index >= 15 is 0 Å². The van der Waals surface area contributed by atoms with E-state index in [4.69, 9.17) is 4.74 Å². The van der Waals surface area contributed by atoms with Gasteiger partial charge in [0.05, 0.1) is 11.7 Å². The molecule has 0 saturated heterocycles. The highest BCUT2D eigenvalue weighted by Gasteiger charge is 2.37. The number of rotatable bonds is 5. The van der Waals surface area contributed by atoms with Crippen LogP contribution in [0.25, 0.3) is 0 Å². The molecule has 0 aromatic heterocycles. The zero-order valence-electron chi connectivity index (χ0n) is 11.6. The highest BCUT2D eigenvalue weighted by atomic mass is 16.5. The van der Waals surface area contributed by atoms with Crippen molar-refractivity contribution in [2.45, 2.75) is 89.4 Å². The van der Waals surface area contributed by atoms with Crippen molar-refractivity contribution in [2.24, 2.45) is 0 Å². The average Bonchev–Trinajstić information content (AvgIpc) is 2.77. The minimum absolute atomic E-state index is 0.173. The lowest BCUT2D eigenvalue weighted by Crippen LogP contribution is -2.45. The van der Waals surface area contributed by atoms with Crippen LogP contribution in [0, 0.1) is 0 Å². The molecule has 2 aliphatic carbocycles. The predicted molar refractivity (Wildman–Crippen MR) is 72.3 cm³/mol. The Morgan fingerprint density at radius 1 is 1.06 bits per heavy atom. The zero-order chi connectivity index (χ0) is 12.1. The van der Waals surface area contributed by atoms with E-state index in [1.54, 1.807) is 0 Å². The number of ether oxygens (including phenoxy) is 1. The molecule has 2 nitrogen and oxygen atoms in total. The lowest BCUT2D eigenvalue weighted by atomic mass is 9.95. The summed E-state index contributed by atoms with van der Waals surface area (Å²) in [7, 11) is 0. The Morgan fingerprint density at radius 3 is 2.29 bits per heavy atom. The van der Waals surface area contributed by atoms with Gasteiger partial charge in [-0.05, 0) is 25.7 Å². The fraction of sp³-hybridized carbons (Fsp3) is 1.00. The standard InChI is InChI=1S/C15H29NO/c1-13(2)16-12-15(10-6-7-11-15)17-14-8-4-3-5-9-14/h13-14,16H,3-12H2,1-2H3. The maximum atomic E-state index is 6.53. The van der Waals surface area contributed by atoms with Crippen LogP contribution in [0.15, 0.2) is 0 Å². The van der Waals surface area contributed by atoms with Crippen molar-refractivity contribution in [1.82, 2.24) is 5.32 Å². The lowest BCUT2D eigenvalue weighted by Gasteiger charge is -2.36. The van der Waals surface area contributed by atoms with Gasteiger partial charge in [-0.1, -0.05) is 46.0 Å². The Bertz CT molecular complexity index is 215. The molecule has 2 heteroatoms. The summed E-state index contributed by atoms with van der Waals surface area (Å²) in [6, 6.07) is 0.572. The highest BCUT2D eigenvalue weighted by Crippen LogP contribution is 2.36. The Hall–Kier alpha value is -0.0800. The monoisotopic (exact) mass is 239 g/mol. The molecule has 0 unspecified atom stereocenters. The van der Waals surface area contributed by atoms with Crippen LogP contribution in [0.1, 0.15) is 71.6 Å². The molecule has 0 bridgehead atoms. The fourth-order valence-corrected chi connectivity index (χ4v) is 3.28. The van der Waals surface area contributed by atoms with Gasteiger partial charge in [0, 0.05) is 12.6 Å². The summed E-state index contributed by atoms with van der Waals surface area (Å²) in [4.78, 5) is 0. The van der Waals surface area contributed by atoms with E-state index in [1.807, 2.05) is 0 Å². The molecule has 2 rings (SSSR count). The number of nitrogens with one attached hydrogen (secondary N) is 1. The Balaban J connectivity index is 1.86. The average molecular weight is 239 g/mol. The van der Waals surface area contributed by atoms with Crippen molar-refractivity contribution in [2.75, 3.05) is 6.54 Å². The van der Waals surface area contributed by atoms with Crippen LogP contribution in [0.4, 0.5) is 0 Å². The van der Waals surface area contributed by atoms with E-state index in [0.717, 1.165) is 6.54 Å². The SMILES string of the molecule is CC(C)NCC1(OC2CCCCC2)CCCC1. The van der Waals surface area contributed by atoms with Crippen LogP contribution in [0.3, 0.4) is 0 Å². The summed E-state index contributed by atoms with van der Waals surface area (Å²) in [5.41, 5.74) is 0.173. The molecule has 17 heavy (non-hydrogen) atoms. The smallest absolute Gasteiger partial charge is 0.0810 e. The molecule has 0 atom stereocenters. The first kappa shape index (κ1) is 13.4. The third-order valence-electron chi connectivity index (χ3n) is 4.32. The van der Waals surface area contributed by atoms with Crippen molar-refractivity contribution < 1.29 is 4.74 Å². The van der Waals surface area contributed by atoms with Crippen LogP contribution in [-0.4, -0.2) is 24.3 Å². The largest absolute Gasteiger partial charge is 0.370 e. The summed E-state index contributed by atoms with van der Waals surface area (Å²) in [6.45, 7) is 5.51. The molecular weight excluding hydrogens is 210 g/mol. The third-order valence-corrected chi connectivity index (χ3v) is 4.32. The van der Waals surface area contributed by atoms with Crippen LogP contribution < -0.4 is 5.32 Å². The van der Waals surface area contributed by atoms with Crippen molar-refractivity contribution in [3.63, 3.8) is 0 Å². The van der Waals surface area contributed by atoms with Gasteiger partial charge in [-0.25, -0.2) is 0 Å². The maximum Gasteiger partial charge on any atom is 0.0810 e. The number of hydrogen-bond donors (Lipinski definition) is 1. The predicted octanol–water partition coefficient (Wildman–Crippen LogP) is 3.65. The molecule has 2 saturated carbocycles. The first-order chi connectivity index (χ1) is 8.20. The second kappa shape index (κ2) is 6.19. The zero-order valence-corrected chi connectivity index (χ0v) is 11.6. The third kappa shape index (κ3) is 3.96. The topological polar surface area (TPSA) is 21.3 Å². The summed E-state index contributed by atoms with van der Waals surface area (Å²) >= 11 is 0. The van der Waals surface area contributed by atoms with Crippen molar-refractivity contribution in [3.05, 3.63) is 0 Å². The summed E-state index contributed by atoms with van der Waals surface area (Å²) in [5, 5.41) is 3.59. The van der Waals surface area contributed by atoms with Crippen LogP contribution in [-0.2, 0) is 4.74 Å². The quantitative estimate of drug-likeness (QED) is 0.791. The van der Waals surface area contributed by atoms with Crippen molar-refractivity contribution >= 4 is 0 Å². The van der Waals surface area contributed by atoms with E-state index in [2.05, 4.69) is 19.2 Å². The molecule has 0 aromatic carbocycles. The van der Waals surface area contributed by atoms with Crippen LogP contribution in [0.5, 0.6) is 0 Å². The van der Waals surface area contributed by atoms with Gasteiger partial charge < -0.3 is 10.1 Å². The van der Waals surface area contributed by atoms with Gasteiger partial charge in [0.25, 0.3) is 0 Å². The molecule has 2 fully saturated rings. The summed E-state index contributed by atoms with van der Waals surface area (Å²) in [5.74, 6) is 0. The normalized spacial score (nSPS) is 25.6. The van der Waals surface area contributed by atoms with E-state index < -0.39 is 0 Å². The summed E-state index contributed by atoms with van der Waals surface area (Å²) in [6.07, 6.45) is 12.5. The highest BCUT2D eigenvalue weighted by molar-refractivity contribution is 4.90. The van der Waals surface area contributed by atoms with Crippen molar-refractivity contribution in [1.29, 1.82) is 0 Å². The van der Waals surface area contributed by atoms with E-state index in [1.165, 1.54) is 57.8 Å². The molecule has 0 amide bonds. The van der Waals surface area contributed by atoms with Gasteiger partial charge >= 0.3 is 0 Å².